The summed E-state index contributed by atoms with van der Waals surface area (Å²) in [5.74, 6) is -0.847. The van der Waals surface area contributed by atoms with Gasteiger partial charge in [-0.05, 0) is 18.8 Å². The summed E-state index contributed by atoms with van der Waals surface area (Å²) in [6, 6.07) is 0. The summed E-state index contributed by atoms with van der Waals surface area (Å²) in [4.78, 5) is 30.3. The Hall–Kier alpha value is -1.37. The van der Waals surface area contributed by atoms with E-state index in [1.165, 1.54) is 6.21 Å². The number of amides is 2. The average molecular weight is 270 g/mol. The Labute approximate surface area is 105 Å². The second-order valence-electron chi connectivity index (χ2n) is 4.58. The Kier molecular flexibility index (Phi) is 3.70. The largest absolute Gasteiger partial charge is 0.291 e. The molecule has 2 aliphatic rings. The summed E-state index contributed by atoms with van der Waals surface area (Å²) in [7, 11) is -2.98. The highest BCUT2D eigenvalue weighted by molar-refractivity contribution is 7.91. The van der Waals surface area contributed by atoms with E-state index in [1.807, 2.05) is 0 Å². The summed E-state index contributed by atoms with van der Waals surface area (Å²) in [6.45, 7) is 0. The van der Waals surface area contributed by atoms with E-state index in [4.69, 9.17) is 0 Å². The zero-order valence-electron chi connectivity index (χ0n) is 9.83. The lowest BCUT2D eigenvalue weighted by Crippen LogP contribution is -2.19. The Bertz CT molecular complexity index is 533. The molecule has 0 aromatic heterocycles. The molecule has 98 valence electrons. The highest BCUT2D eigenvalue weighted by atomic mass is 32.2. The van der Waals surface area contributed by atoms with Gasteiger partial charge in [0.2, 0.25) is 5.91 Å². The lowest BCUT2D eigenvalue weighted by Gasteiger charge is -2.06. The van der Waals surface area contributed by atoms with Crippen LogP contribution in [0, 0.1) is 5.92 Å². The van der Waals surface area contributed by atoms with Crippen molar-refractivity contribution in [2.24, 2.45) is 15.9 Å². The van der Waals surface area contributed by atoms with Crippen molar-refractivity contribution in [2.45, 2.75) is 25.7 Å². The average Bonchev–Trinajstić information content (AvgIpc) is 2.61. The van der Waals surface area contributed by atoms with Crippen LogP contribution in [0.25, 0.3) is 0 Å². The number of rotatable bonds is 2. The Morgan fingerprint density at radius 2 is 2.28 bits per heavy atom. The van der Waals surface area contributed by atoms with Gasteiger partial charge in [0.15, 0.2) is 9.84 Å². The lowest BCUT2D eigenvalue weighted by atomic mass is 10.0. The van der Waals surface area contributed by atoms with E-state index < -0.39 is 21.7 Å². The molecule has 1 atom stereocenters. The third-order valence-corrected chi connectivity index (χ3v) is 4.85. The van der Waals surface area contributed by atoms with E-state index in [2.05, 4.69) is 9.98 Å². The number of aliphatic imine (C=N–C) groups is 2. The summed E-state index contributed by atoms with van der Waals surface area (Å²) in [6.07, 6.45) is 3.15. The number of hydrogen-bond acceptors (Lipinski definition) is 4. The summed E-state index contributed by atoms with van der Waals surface area (Å²) >= 11 is 0. The molecule has 1 unspecified atom stereocenters. The van der Waals surface area contributed by atoms with E-state index in [0.29, 0.717) is 19.3 Å². The third-order valence-electron chi connectivity index (χ3n) is 3.02. The van der Waals surface area contributed by atoms with Crippen molar-refractivity contribution >= 4 is 33.6 Å². The fourth-order valence-electron chi connectivity index (χ4n) is 2.11. The van der Waals surface area contributed by atoms with Crippen LogP contribution in [0.15, 0.2) is 9.98 Å². The molecule has 1 fully saturated rings. The zero-order valence-corrected chi connectivity index (χ0v) is 10.6. The van der Waals surface area contributed by atoms with Crippen LogP contribution in [0.1, 0.15) is 25.7 Å². The molecular weight excluding hydrogens is 256 g/mol. The van der Waals surface area contributed by atoms with Gasteiger partial charge in [-0.3, -0.25) is 9.59 Å². The molecule has 2 rings (SSSR count). The Morgan fingerprint density at radius 3 is 2.89 bits per heavy atom. The first-order valence-electron chi connectivity index (χ1n) is 5.84. The van der Waals surface area contributed by atoms with Crippen molar-refractivity contribution in [3.05, 3.63) is 0 Å². The second-order valence-corrected chi connectivity index (χ2v) is 6.81. The van der Waals surface area contributed by atoms with Crippen LogP contribution in [-0.4, -0.2) is 43.7 Å². The van der Waals surface area contributed by atoms with Crippen molar-refractivity contribution < 1.29 is 18.0 Å². The fraction of sp³-hybridized carbons (Fsp3) is 0.636. The zero-order chi connectivity index (χ0) is 13.2. The van der Waals surface area contributed by atoms with Crippen LogP contribution in [-0.2, 0) is 19.4 Å². The van der Waals surface area contributed by atoms with E-state index in [0.717, 1.165) is 0 Å². The van der Waals surface area contributed by atoms with Crippen LogP contribution in [0.2, 0.25) is 0 Å². The summed E-state index contributed by atoms with van der Waals surface area (Å²) < 4.78 is 22.5. The molecule has 0 saturated carbocycles. The predicted molar refractivity (Wildman–Crippen MR) is 66.6 cm³/mol. The van der Waals surface area contributed by atoms with Crippen molar-refractivity contribution in [2.75, 3.05) is 11.5 Å². The lowest BCUT2D eigenvalue weighted by molar-refractivity contribution is -0.119. The monoisotopic (exact) mass is 270 g/mol. The molecule has 2 amide bonds. The summed E-state index contributed by atoms with van der Waals surface area (Å²) in [5, 5.41) is 0. The summed E-state index contributed by atoms with van der Waals surface area (Å²) in [5.41, 5.74) is 0.184. The highest BCUT2D eigenvalue weighted by Gasteiger charge is 2.29. The van der Waals surface area contributed by atoms with Crippen LogP contribution in [0.3, 0.4) is 0 Å². The van der Waals surface area contributed by atoms with Crippen molar-refractivity contribution in [3.8, 4) is 0 Å². The quantitative estimate of drug-likeness (QED) is 0.715. The van der Waals surface area contributed by atoms with Crippen molar-refractivity contribution in [1.82, 2.24) is 0 Å². The van der Waals surface area contributed by atoms with Gasteiger partial charge in [-0.1, -0.05) is 0 Å². The molecule has 0 aromatic carbocycles. The molecule has 6 nitrogen and oxygen atoms in total. The molecule has 2 aliphatic heterocycles. The number of carbonyl (C=O) groups excluding carboxylic acids is 2. The minimum atomic E-state index is -2.98. The molecule has 0 spiro atoms. The second kappa shape index (κ2) is 5.09. The van der Waals surface area contributed by atoms with Crippen LogP contribution in [0.4, 0.5) is 0 Å². The Morgan fingerprint density at radius 1 is 1.50 bits per heavy atom. The van der Waals surface area contributed by atoms with Crippen LogP contribution in [0.5, 0.6) is 0 Å². The van der Waals surface area contributed by atoms with Gasteiger partial charge < -0.3 is 0 Å². The van der Waals surface area contributed by atoms with Gasteiger partial charge in [0.05, 0.1) is 11.5 Å². The van der Waals surface area contributed by atoms with Gasteiger partial charge in [0.1, 0.15) is 5.71 Å². The minimum Gasteiger partial charge on any atom is -0.273 e. The molecule has 1 saturated heterocycles. The smallest absolute Gasteiger partial charge is 0.273 e. The minimum absolute atomic E-state index is 0.0513. The van der Waals surface area contributed by atoms with Crippen molar-refractivity contribution in [1.29, 1.82) is 0 Å². The topological polar surface area (TPSA) is 93.0 Å². The predicted octanol–water partition coefficient (Wildman–Crippen LogP) is 0.170. The maximum Gasteiger partial charge on any atom is 0.291 e. The van der Waals surface area contributed by atoms with E-state index in [1.54, 1.807) is 0 Å². The van der Waals surface area contributed by atoms with E-state index in [9.17, 15) is 18.0 Å². The fourth-order valence-corrected chi connectivity index (χ4v) is 3.97. The molecule has 0 N–H and O–H groups in total. The molecule has 7 heteroatoms. The number of sulfone groups is 1. The molecule has 0 radical (unpaired) electrons. The number of hydrogen-bond donors (Lipinski definition) is 0. The standard InChI is InChI=1S/C11H14N2O4S/c14-10(6-8-3-5-18(16,17)7-8)13-9-2-1-4-12-11(9)15/h4,8H,1-3,5-7H2. The van der Waals surface area contributed by atoms with Gasteiger partial charge in [-0.2, -0.15) is 0 Å². The first-order chi connectivity index (χ1) is 8.46. The SMILES string of the molecule is O=C(CC1CCS(=O)(=O)C1)N=C1CCC=NC1=O. The molecule has 0 aliphatic carbocycles. The molecule has 18 heavy (non-hydrogen) atoms. The first kappa shape index (κ1) is 13.1. The van der Waals surface area contributed by atoms with E-state index in [-0.39, 0.29) is 29.6 Å². The number of nitrogens with zero attached hydrogens (tertiary/aromatic N) is 2. The van der Waals surface area contributed by atoms with Crippen LogP contribution >= 0.6 is 0 Å². The maximum absolute atomic E-state index is 11.6. The van der Waals surface area contributed by atoms with Gasteiger partial charge in [0, 0.05) is 19.1 Å². The third kappa shape index (κ3) is 3.32. The highest BCUT2D eigenvalue weighted by Crippen LogP contribution is 2.22. The van der Waals surface area contributed by atoms with Gasteiger partial charge in [0.25, 0.3) is 5.91 Å². The van der Waals surface area contributed by atoms with Crippen LogP contribution < -0.4 is 0 Å². The number of carbonyl (C=O) groups is 2. The first-order valence-corrected chi connectivity index (χ1v) is 7.66. The normalized spacial score (nSPS) is 28.8. The van der Waals surface area contributed by atoms with Crippen molar-refractivity contribution in [3.63, 3.8) is 0 Å². The van der Waals surface area contributed by atoms with Gasteiger partial charge in [-0.15, -0.1) is 0 Å². The molecular formula is C11H14N2O4S. The maximum atomic E-state index is 11.6. The molecule has 0 aromatic rings. The van der Waals surface area contributed by atoms with Gasteiger partial charge in [-0.25, -0.2) is 18.4 Å². The van der Waals surface area contributed by atoms with Gasteiger partial charge >= 0.3 is 0 Å². The van der Waals surface area contributed by atoms with E-state index >= 15 is 0 Å². The Balaban J connectivity index is 1.95. The molecule has 2 heterocycles. The molecule has 0 bridgehead atoms.